The van der Waals surface area contributed by atoms with Gasteiger partial charge in [-0.05, 0) is 35.9 Å². The first-order chi connectivity index (χ1) is 10.6. The Labute approximate surface area is 124 Å². The number of nitrogens with two attached hydrogens (primary N) is 1. The number of benzene rings is 1. The number of nitrogens with zero attached hydrogens (tertiary/aromatic N) is 1. The monoisotopic (exact) mass is 299 g/mol. The second-order valence-electron chi connectivity index (χ2n) is 4.69. The molecule has 0 bridgehead atoms. The van der Waals surface area contributed by atoms with Crippen molar-refractivity contribution in [1.29, 1.82) is 0 Å². The van der Waals surface area contributed by atoms with Crippen LogP contribution in [0.4, 0.5) is 8.78 Å². The molecule has 3 N–H and O–H groups in total. The third kappa shape index (κ3) is 2.46. The molecule has 3 rings (SSSR count). The lowest BCUT2D eigenvalue weighted by atomic mass is 10.0. The number of aromatic amines is 1. The van der Waals surface area contributed by atoms with Crippen LogP contribution in [0, 0.1) is 11.6 Å². The molecule has 0 spiro atoms. The highest BCUT2D eigenvalue weighted by Gasteiger charge is 2.13. The molecule has 3 aromatic rings. The number of fused-ring (bicyclic) bond motifs is 1. The Kier molecular flexibility index (Phi) is 3.42. The van der Waals surface area contributed by atoms with E-state index in [2.05, 4.69) is 9.97 Å². The van der Waals surface area contributed by atoms with E-state index in [0.717, 1.165) is 17.5 Å². The van der Waals surface area contributed by atoms with Crippen LogP contribution in [-0.2, 0) is 4.79 Å². The van der Waals surface area contributed by atoms with Crippen molar-refractivity contribution in [3.63, 3.8) is 0 Å². The molecule has 110 valence electrons. The van der Waals surface area contributed by atoms with Crippen molar-refractivity contribution >= 4 is 28.6 Å². The molecule has 0 aliphatic heterocycles. The van der Waals surface area contributed by atoms with Crippen molar-refractivity contribution in [3.8, 4) is 0 Å². The van der Waals surface area contributed by atoms with Crippen molar-refractivity contribution in [2.45, 2.75) is 0 Å². The number of primary amides is 1. The number of hydrogen-bond donors (Lipinski definition) is 2. The van der Waals surface area contributed by atoms with Gasteiger partial charge in [-0.25, -0.2) is 13.8 Å². The number of carbonyl (C=O) groups excluding carboxylic acids is 1. The molecule has 0 saturated carbocycles. The van der Waals surface area contributed by atoms with Crippen LogP contribution in [0.25, 0.3) is 22.7 Å². The van der Waals surface area contributed by atoms with E-state index in [4.69, 9.17) is 5.73 Å². The van der Waals surface area contributed by atoms with Gasteiger partial charge in [0.05, 0.1) is 0 Å². The molecule has 0 unspecified atom stereocenters. The Hall–Kier alpha value is -3.02. The van der Waals surface area contributed by atoms with Crippen LogP contribution in [0.15, 0.2) is 42.7 Å². The SMILES string of the molecule is NC(=O)/C(=C\c1c[nH]c2ncccc12)c1ccc(F)c(F)c1. The van der Waals surface area contributed by atoms with Gasteiger partial charge in [0.1, 0.15) is 5.65 Å². The maximum absolute atomic E-state index is 13.4. The van der Waals surface area contributed by atoms with Crippen LogP contribution in [-0.4, -0.2) is 15.9 Å². The van der Waals surface area contributed by atoms with E-state index in [0.29, 0.717) is 11.2 Å². The van der Waals surface area contributed by atoms with E-state index in [1.54, 1.807) is 18.5 Å². The zero-order chi connectivity index (χ0) is 15.7. The van der Waals surface area contributed by atoms with Crippen LogP contribution >= 0.6 is 0 Å². The highest BCUT2D eigenvalue weighted by atomic mass is 19.2. The topological polar surface area (TPSA) is 71.8 Å². The van der Waals surface area contributed by atoms with Gasteiger partial charge in [-0.1, -0.05) is 6.07 Å². The molecule has 0 radical (unpaired) electrons. The predicted molar refractivity (Wildman–Crippen MR) is 79.5 cm³/mol. The maximum atomic E-state index is 13.4. The summed E-state index contributed by atoms with van der Waals surface area (Å²) < 4.78 is 26.4. The van der Waals surface area contributed by atoms with Crippen LogP contribution in [0.2, 0.25) is 0 Å². The number of H-pyrrole nitrogens is 1. The van der Waals surface area contributed by atoms with Crippen LogP contribution in [0.5, 0.6) is 0 Å². The summed E-state index contributed by atoms with van der Waals surface area (Å²) in [6.07, 6.45) is 4.83. The molecule has 2 aromatic heterocycles. The number of pyridine rings is 1. The number of carbonyl (C=O) groups is 1. The second-order valence-corrected chi connectivity index (χ2v) is 4.69. The average Bonchev–Trinajstić information content (AvgIpc) is 2.91. The molecule has 0 atom stereocenters. The standard InChI is InChI=1S/C16H11F2N3O/c17-13-4-3-9(7-14(13)18)12(15(19)22)6-10-8-21-16-11(10)2-1-5-20-16/h1-8H,(H2,19,22)(H,20,21)/b12-6-. The number of hydrogen-bond acceptors (Lipinski definition) is 2. The summed E-state index contributed by atoms with van der Waals surface area (Å²) in [4.78, 5) is 18.8. The lowest BCUT2D eigenvalue weighted by molar-refractivity contribution is -0.112. The molecule has 6 heteroatoms. The van der Waals surface area contributed by atoms with Crippen molar-refractivity contribution < 1.29 is 13.6 Å². The molecule has 2 heterocycles. The molecule has 4 nitrogen and oxygen atoms in total. The molecule has 22 heavy (non-hydrogen) atoms. The second kappa shape index (κ2) is 5.40. The fourth-order valence-corrected chi connectivity index (χ4v) is 2.21. The Morgan fingerprint density at radius 2 is 2.05 bits per heavy atom. The molecule has 1 amide bonds. The fourth-order valence-electron chi connectivity index (χ4n) is 2.21. The van der Waals surface area contributed by atoms with Crippen molar-refractivity contribution in [3.05, 3.63) is 65.5 Å². The predicted octanol–water partition coefficient (Wildman–Crippen LogP) is 2.87. The Balaban J connectivity index is 2.15. The van der Waals surface area contributed by atoms with E-state index in [9.17, 15) is 13.6 Å². The smallest absolute Gasteiger partial charge is 0.249 e. The van der Waals surface area contributed by atoms with Crippen molar-refractivity contribution in [1.82, 2.24) is 9.97 Å². The van der Waals surface area contributed by atoms with Gasteiger partial charge in [-0.15, -0.1) is 0 Å². The van der Waals surface area contributed by atoms with E-state index >= 15 is 0 Å². The number of rotatable bonds is 3. The minimum absolute atomic E-state index is 0.0867. The number of amides is 1. The summed E-state index contributed by atoms with van der Waals surface area (Å²) in [6.45, 7) is 0. The van der Waals surface area contributed by atoms with Gasteiger partial charge in [-0.2, -0.15) is 0 Å². The van der Waals surface area contributed by atoms with Crippen molar-refractivity contribution in [2.75, 3.05) is 0 Å². The highest BCUT2D eigenvalue weighted by Crippen LogP contribution is 2.24. The first kappa shape index (κ1) is 13.9. The summed E-state index contributed by atoms with van der Waals surface area (Å²) >= 11 is 0. The summed E-state index contributed by atoms with van der Waals surface area (Å²) in [5.41, 5.74) is 7.01. The quantitative estimate of drug-likeness (QED) is 0.730. The molecule has 0 saturated heterocycles. The molecule has 0 aliphatic rings. The van der Waals surface area contributed by atoms with E-state index in [-0.39, 0.29) is 11.1 Å². The van der Waals surface area contributed by atoms with E-state index < -0.39 is 17.5 Å². The molecule has 1 aromatic carbocycles. The lowest BCUT2D eigenvalue weighted by Gasteiger charge is -2.04. The largest absolute Gasteiger partial charge is 0.366 e. The Morgan fingerprint density at radius 3 is 2.77 bits per heavy atom. The third-order valence-electron chi connectivity index (χ3n) is 3.28. The summed E-state index contributed by atoms with van der Waals surface area (Å²) in [6, 6.07) is 6.79. The van der Waals surface area contributed by atoms with Crippen LogP contribution in [0.1, 0.15) is 11.1 Å². The van der Waals surface area contributed by atoms with Crippen LogP contribution in [0.3, 0.4) is 0 Å². The lowest BCUT2D eigenvalue weighted by Crippen LogP contribution is -2.13. The van der Waals surface area contributed by atoms with Crippen molar-refractivity contribution in [2.24, 2.45) is 5.73 Å². The number of aromatic nitrogens is 2. The maximum Gasteiger partial charge on any atom is 0.249 e. The van der Waals surface area contributed by atoms with Gasteiger partial charge in [0.2, 0.25) is 5.91 Å². The van der Waals surface area contributed by atoms with E-state index in [1.165, 1.54) is 12.1 Å². The highest BCUT2D eigenvalue weighted by molar-refractivity contribution is 6.24. The number of halogens is 2. The average molecular weight is 299 g/mol. The first-order valence-corrected chi connectivity index (χ1v) is 6.45. The molecular weight excluding hydrogens is 288 g/mol. The molecule has 0 fully saturated rings. The third-order valence-corrected chi connectivity index (χ3v) is 3.28. The van der Waals surface area contributed by atoms with Gasteiger partial charge in [-0.3, -0.25) is 4.79 Å². The fraction of sp³-hybridized carbons (Fsp3) is 0. The van der Waals surface area contributed by atoms with Crippen LogP contribution < -0.4 is 5.73 Å². The Morgan fingerprint density at radius 1 is 1.23 bits per heavy atom. The zero-order valence-electron chi connectivity index (χ0n) is 11.3. The normalized spacial score (nSPS) is 11.8. The summed E-state index contributed by atoms with van der Waals surface area (Å²) in [5, 5.41) is 0.795. The molecule has 0 aliphatic carbocycles. The van der Waals surface area contributed by atoms with E-state index in [1.807, 2.05) is 6.07 Å². The number of nitrogens with one attached hydrogen (secondary N) is 1. The minimum atomic E-state index is -1.04. The zero-order valence-corrected chi connectivity index (χ0v) is 11.3. The van der Waals surface area contributed by atoms with Gasteiger partial charge in [0.25, 0.3) is 0 Å². The van der Waals surface area contributed by atoms with Gasteiger partial charge in [0, 0.05) is 28.9 Å². The minimum Gasteiger partial charge on any atom is -0.366 e. The summed E-state index contributed by atoms with van der Waals surface area (Å²) in [5.74, 6) is -2.75. The van der Waals surface area contributed by atoms with Gasteiger partial charge in [0.15, 0.2) is 11.6 Å². The first-order valence-electron chi connectivity index (χ1n) is 6.45. The Bertz CT molecular complexity index is 899. The summed E-state index contributed by atoms with van der Waals surface area (Å²) in [7, 11) is 0. The van der Waals surface area contributed by atoms with Gasteiger partial charge >= 0.3 is 0 Å². The molecular formula is C16H11F2N3O. The van der Waals surface area contributed by atoms with Gasteiger partial charge < -0.3 is 10.7 Å².